The number of hydrogen-bond donors (Lipinski definition) is 4. The Hall–Kier alpha value is -3.91. The molecule has 8 nitrogen and oxygen atoms in total. The summed E-state index contributed by atoms with van der Waals surface area (Å²) in [4.78, 5) is 37.8. The zero-order valence-corrected chi connectivity index (χ0v) is 20.2. The van der Waals surface area contributed by atoms with Gasteiger partial charge in [0.25, 0.3) is 11.8 Å². The summed E-state index contributed by atoms with van der Waals surface area (Å²) < 4.78 is 5.30. The molecule has 0 bridgehead atoms. The lowest BCUT2D eigenvalue weighted by Gasteiger charge is -2.17. The number of hydrogen-bond acceptors (Lipinski definition) is 5. The van der Waals surface area contributed by atoms with E-state index < -0.39 is 24.2 Å². The molecule has 0 aromatic heterocycles. The maximum absolute atomic E-state index is 12.8. The molecular formula is C28H31N3O5. The van der Waals surface area contributed by atoms with Gasteiger partial charge in [-0.05, 0) is 52.9 Å². The van der Waals surface area contributed by atoms with Crippen LogP contribution in [0, 0.1) is 0 Å². The first-order valence-corrected chi connectivity index (χ1v) is 12.2. The summed E-state index contributed by atoms with van der Waals surface area (Å²) in [6, 6.07) is 20.1. The van der Waals surface area contributed by atoms with Crippen molar-refractivity contribution in [3.8, 4) is 5.75 Å². The number of epoxide rings is 1. The number of nitrogens with one attached hydrogen (secondary N) is 3. The number of phenolic OH excluding ortho intramolecular Hbond substituents is 1. The van der Waals surface area contributed by atoms with Gasteiger partial charge in [0, 0.05) is 13.1 Å². The van der Waals surface area contributed by atoms with Gasteiger partial charge < -0.3 is 25.8 Å². The highest BCUT2D eigenvalue weighted by molar-refractivity contribution is 5.97. The monoisotopic (exact) mass is 489 g/mol. The minimum atomic E-state index is -0.897. The first-order valence-electron chi connectivity index (χ1n) is 12.2. The van der Waals surface area contributed by atoms with E-state index in [1.165, 1.54) is 0 Å². The lowest BCUT2D eigenvalue weighted by atomic mass is 10.1. The van der Waals surface area contributed by atoms with Crippen LogP contribution in [0.15, 0.2) is 66.7 Å². The Bertz CT molecular complexity index is 1230. The predicted octanol–water partition coefficient (Wildman–Crippen LogP) is 2.57. The van der Waals surface area contributed by atoms with Crippen molar-refractivity contribution in [2.24, 2.45) is 0 Å². The summed E-state index contributed by atoms with van der Waals surface area (Å²) >= 11 is 0. The van der Waals surface area contributed by atoms with Gasteiger partial charge in [0.2, 0.25) is 5.91 Å². The molecule has 8 heteroatoms. The highest BCUT2D eigenvalue weighted by Gasteiger charge is 2.50. The number of amides is 3. The fourth-order valence-corrected chi connectivity index (χ4v) is 4.08. The predicted molar refractivity (Wildman–Crippen MR) is 136 cm³/mol. The van der Waals surface area contributed by atoms with E-state index in [0.29, 0.717) is 32.4 Å². The fourth-order valence-electron chi connectivity index (χ4n) is 4.08. The zero-order valence-electron chi connectivity index (χ0n) is 20.2. The number of aromatic hydroxyl groups is 1. The second-order valence-electron chi connectivity index (χ2n) is 8.93. The molecule has 1 aliphatic heterocycles. The molecule has 3 amide bonds. The molecule has 0 radical (unpaired) electrons. The molecule has 1 saturated heterocycles. The van der Waals surface area contributed by atoms with E-state index in [1.807, 2.05) is 49.4 Å². The van der Waals surface area contributed by atoms with Gasteiger partial charge in [-0.3, -0.25) is 14.4 Å². The van der Waals surface area contributed by atoms with Gasteiger partial charge in [-0.2, -0.15) is 0 Å². The molecule has 3 atom stereocenters. The second kappa shape index (κ2) is 11.7. The van der Waals surface area contributed by atoms with Gasteiger partial charge in [-0.15, -0.1) is 0 Å². The van der Waals surface area contributed by atoms with Crippen LogP contribution in [0.5, 0.6) is 5.75 Å². The summed E-state index contributed by atoms with van der Waals surface area (Å²) in [6.45, 7) is 2.67. The van der Waals surface area contributed by atoms with Crippen LogP contribution in [0.1, 0.15) is 30.9 Å². The van der Waals surface area contributed by atoms with Gasteiger partial charge in [-0.1, -0.05) is 61.9 Å². The molecule has 1 fully saturated rings. The molecule has 1 heterocycles. The molecule has 4 N–H and O–H groups in total. The normalized spacial score (nSPS) is 17.2. The molecule has 0 saturated carbocycles. The molecular weight excluding hydrogens is 458 g/mol. The van der Waals surface area contributed by atoms with E-state index in [1.54, 1.807) is 24.3 Å². The summed E-state index contributed by atoms with van der Waals surface area (Å²) in [5.41, 5.74) is 1.94. The van der Waals surface area contributed by atoms with Gasteiger partial charge in [0.05, 0.1) is 0 Å². The number of carbonyl (C=O) groups excluding carboxylic acids is 3. The van der Waals surface area contributed by atoms with Crippen LogP contribution >= 0.6 is 0 Å². The van der Waals surface area contributed by atoms with E-state index in [4.69, 9.17) is 4.74 Å². The first kappa shape index (κ1) is 25.2. The van der Waals surface area contributed by atoms with Crippen molar-refractivity contribution in [3.05, 3.63) is 77.9 Å². The van der Waals surface area contributed by atoms with Crippen LogP contribution in [0.2, 0.25) is 0 Å². The van der Waals surface area contributed by atoms with Crippen molar-refractivity contribution in [1.29, 1.82) is 0 Å². The smallest absolute Gasteiger partial charge is 0.253 e. The zero-order chi connectivity index (χ0) is 25.5. The van der Waals surface area contributed by atoms with Crippen molar-refractivity contribution in [1.82, 2.24) is 16.0 Å². The highest BCUT2D eigenvalue weighted by atomic mass is 16.6. The lowest BCUT2D eigenvalue weighted by Crippen LogP contribution is -2.48. The largest absolute Gasteiger partial charge is 0.508 e. The number of carbonyl (C=O) groups is 3. The average molecular weight is 490 g/mol. The molecule has 4 rings (SSSR count). The molecule has 0 aliphatic carbocycles. The molecule has 3 aromatic carbocycles. The van der Waals surface area contributed by atoms with Crippen LogP contribution in [-0.4, -0.2) is 47.6 Å². The van der Waals surface area contributed by atoms with E-state index >= 15 is 0 Å². The van der Waals surface area contributed by atoms with Gasteiger partial charge in [-0.25, -0.2) is 0 Å². The Morgan fingerprint density at radius 1 is 0.889 bits per heavy atom. The third-order valence-corrected chi connectivity index (χ3v) is 6.15. The summed E-state index contributed by atoms with van der Waals surface area (Å²) in [5, 5.41) is 20.0. The van der Waals surface area contributed by atoms with Gasteiger partial charge in [0.15, 0.2) is 12.2 Å². The third-order valence-electron chi connectivity index (χ3n) is 6.15. The number of ether oxygens (including phenoxy) is 1. The number of rotatable bonds is 11. The van der Waals surface area contributed by atoms with Crippen LogP contribution in [0.4, 0.5) is 0 Å². The van der Waals surface area contributed by atoms with Crippen molar-refractivity contribution in [3.63, 3.8) is 0 Å². The molecule has 0 spiro atoms. The Balaban J connectivity index is 1.23. The standard InChI is InChI=1S/C28H31N3O5/c1-2-5-23(26(33)30-17-19-8-11-20-6-3-4-7-21(20)16-19)31-28(35)25-24(36-25)27(34)29-15-14-18-9-12-22(32)13-10-18/h3-4,6-13,16,23-25,32H,2,5,14-15,17H2,1H3,(H,29,34)(H,30,33)(H,31,35)/t23-,24+,25+/m0/s1. The summed E-state index contributed by atoms with van der Waals surface area (Å²) in [5.74, 6) is -0.907. The molecule has 3 aromatic rings. The maximum atomic E-state index is 12.8. The Morgan fingerprint density at radius 3 is 2.33 bits per heavy atom. The van der Waals surface area contributed by atoms with E-state index in [0.717, 1.165) is 21.9 Å². The fraction of sp³-hybridized carbons (Fsp3) is 0.321. The lowest BCUT2D eigenvalue weighted by molar-refractivity contribution is -0.129. The van der Waals surface area contributed by atoms with Crippen molar-refractivity contribution in [2.75, 3.05) is 6.54 Å². The van der Waals surface area contributed by atoms with Crippen molar-refractivity contribution >= 4 is 28.5 Å². The molecule has 1 aliphatic rings. The van der Waals surface area contributed by atoms with E-state index in [9.17, 15) is 19.5 Å². The van der Waals surface area contributed by atoms with E-state index in [2.05, 4.69) is 16.0 Å². The number of benzene rings is 3. The second-order valence-corrected chi connectivity index (χ2v) is 8.93. The summed E-state index contributed by atoms with van der Waals surface area (Å²) in [6.07, 6.45) is 0.0250. The molecule has 36 heavy (non-hydrogen) atoms. The Morgan fingerprint density at radius 2 is 1.58 bits per heavy atom. The minimum Gasteiger partial charge on any atom is -0.508 e. The quantitative estimate of drug-likeness (QED) is 0.309. The average Bonchev–Trinajstić information content (AvgIpc) is 3.69. The minimum absolute atomic E-state index is 0.187. The number of fused-ring (bicyclic) bond motifs is 1. The SMILES string of the molecule is CCC[C@H](NC(=O)[C@@H]1O[C@H]1C(=O)NCCc1ccc(O)cc1)C(=O)NCc1ccc2ccccc2c1. The van der Waals surface area contributed by atoms with Crippen LogP contribution in [0.3, 0.4) is 0 Å². The maximum Gasteiger partial charge on any atom is 0.253 e. The summed E-state index contributed by atoms with van der Waals surface area (Å²) in [7, 11) is 0. The van der Waals surface area contributed by atoms with Crippen LogP contribution < -0.4 is 16.0 Å². The van der Waals surface area contributed by atoms with Crippen LogP contribution in [-0.2, 0) is 32.1 Å². The number of phenols is 1. The highest BCUT2D eigenvalue weighted by Crippen LogP contribution is 2.23. The first-order chi connectivity index (χ1) is 17.4. The van der Waals surface area contributed by atoms with Gasteiger partial charge >= 0.3 is 0 Å². The van der Waals surface area contributed by atoms with Gasteiger partial charge in [0.1, 0.15) is 11.8 Å². The van der Waals surface area contributed by atoms with Crippen molar-refractivity contribution in [2.45, 2.75) is 51.0 Å². The Kier molecular flexibility index (Phi) is 8.17. The third kappa shape index (κ3) is 6.60. The molecule has 188 valence electrons. The molecule has 0 unspecified atom stereocenters. The van der Waals surface area contributed by atoms with Crippen molar-refractivity contribution < 1.29 is 24.2 Å². The van der Waals surface area contributed by atoms with Crippen LogP contribution in [0.25, 0.3) is 10.8 Å². The Labute approximate surface area is 210 Å². The van der Waals surface area contributed by atoms with E-state index in [-0.39, 0.29) is 17.6 Å². The topological polar surface area (TPSA) is 120 Å².